The van der Waals surface area contributed by atoms with Gasteiger partial charge >= 0.3 is 0 Å². The first-order valence-electron chi connectivity index (χ1n) is 10.2. The largest absolute Gasteiger partial charge is 0.356 e. The molecule has 1 amide bonds. The van der Waals surface area contributed by atoms with Gasteiger partial charge in [0.05, 0.1) is 10.9 Å². The number of nitrogens with one attached hydrogen (secondary N) is 1. The third-order valence-electron chi connectivity index (χ3n) is 6.05. The highest BCUT2D eigenvalue weighted by molar-refractivity contribution is 7.20. The number of nitrogens with zero attached hydrogens (tertiary/aromatic N) is 1. The fourth-order valence-electron chi connectivity index (χ4n) is 4.67. The van der Waals surface area contributed by atoms with E-state index in [0.717, 1.165) is 38.2 Å². The van der Waals surface area contributed by atoms with Crippen LogP contribution in [0.15, 0.2) is 84.9 Å². The number of thiophene rings is 1. The van der Waals surface area contributed by atoms with Gasteiger partial charge in [0.15, 0.2) is 0 Å². The zero-order valence-electron chi connectivity index (χ0n) is 16.3. The van der Waals surface area contributed by atoms with Crippen LogP contribution in [0.4, 0.5) is 0 Å². The number of benzene rings is 3. The lowest BCUT2D eigenvalue weighted by Gasteiger charge is -2.36. The molecule has 0 bridgehead atoms. The molecular weight excluding hydrogens is 388 g/mol. The van der Waals surface area contributed by atoms with E-state index < -0.39 is 0 Å². The Balaban J connectivity index is 1.50. The molecule has 4 heteroatoms. The Hall–Kier alpha value is -3.37. The number of fused-ring (bicyclic) bond motifs is 4. The van der Waals surface area contributed by atoms with E-state index in [1.165, 1.54) is 10.9 Å². The van der Waals surface area contributed by atoms with Gasteiger partial charge in [-0.15, -0.1) is 11.3 Å². The van der Waals surface area contributed by atoms with Crippen molar-refractivity contribution in [2.75, 3.05) is 6.54 Å². The maximum absolute atomic E-state index is 13.7. The summed E-state index contributed by atoms with van der Waals surface area (Å²) in [5.41, 5.74) is 4.75. The normalized spacial score (nSPS) is 16.1. The summed E-state index contributed by atoms with van der Waals surface area (Å²) in [6, 6.07) is 28.9. The first-order valence-corrected chi connectivity index (χ1v) is 11.1. The highest BCUT2D eigenvalue weighted by atomic mass is 32.1. The number of carbonyl (C=O) groups excluding carboxylic acids is 1. The molecule has 3 aromatic carbocycles. The van der Waals surface area contributed by atoms with Crippen molar-refractivity contribution in [3.8, 4) is 0 Å². The molecule has 1 N–H and O–H groups in total. The van der Waals surface area contributed by atoms with Crippen LogP contribution >= 0.6 is 11.3 Å². The van der Waals surface area contributed by atoms with Crippen LogP contribution in [0.3, 0.4) is 0 Å². The molecule has 30 heavy (non-hydrogen) atoms. The average molecular weight is 409 g/mol. The SMILES string of the molecule is O=C(c1cc2ccccc2s1)N1CCc2c([nH]c3ccccc23)C1c1ccccc1. The van der Waals surface area contributed by atoms with Gasteiger partial charge in [-0.2, -0.15) is 0 Å². The summed E-state index contributed by atoms with van der Waals surface area (Å²) in [5, 5.41) is 2.40. The third kappa shape index (κ3) is 2.68. The molecule has 0 aliphatic carbocycles. The van der Waals surface area contributed by atoms with E-state index in [1.807, 2.05) is 41.3 Å². The second kappa shape index (κ2) is 6.85. The number of aromatic nitrogens is 1. The molecule has 3 nitrogen and oxygen atoms in total. The van der Waals surface area contributed by atoms with Gasteiger partial charge < -0.3 is 9.88 Å². The molecule has 146 valence electrons. The van der Waals surface area contributed by atoms with E-state index in [-0.39, 0.29) is 11.9 Å². The minimum absolute atomic E-state index is 0.106. The van der Waals surface area contributed by atoms with E-state index in [4.69, 9.17) is 0 Å². The van der Waals surface area contributed by atoms with Crippen LogP contribution in [0.5, 0.6) is 0 Å². The first kappa shape index (κ1) is 17.5. The Kier molecular flexibility index (Phi) is 3.99. The Bertz CT molecular complexity index is 1350. The maximum atomic E-state index is 13.7. The van der Waals surface area contributed by atoms with Crippen molar-refractivity contribution < 1.29 is 4.79 Å². The van der Waals surface area contributed by atoms with Crippen molar-refractivity contribution >= 4 is 38.2 Å². The minimum Gasteiger partial charge on any atom is -0.356 e. The molecule has 1 unspecified atom stereocenters. The molecule has 6 rings (SSSR count). The highest BCUT2D eigenvalue weighted by Crippen LogP contribution is 2.40. The molecule has 0 fully saturated rings. The lowest BCUT2D eigenvalue weighted by Crippen LogP contribution is -2.40. The lowest BCUT2D eigenvalue weighted by molar-refractivity contribution is 0.0697. The predicted octanol–water partition coefficient (Wildman–Crippen LogP) is 6.17. The quantitative estimate of drug-likeness (QED) is 0.372. The average Bonchev–Trinajstić information content (AvgIpc) is 3.40. The van der Waals surface area contributed by atoms with Crippen molar-refractivity contribution in [1.82, 2.24) is 9.88 Å². The van der Waals surface area contributed by atoms with Gasteiger partial charge in [0.1, 0.15) is 0 Å². The Morgan fingerprint density at radius 3 is 2.57 bits per heavy atom. The number of carbonyl (C=O) groups is 1. The van der Waals surface area contributed by atoms with E-state index in [9.17, 15) is 4.79 Å². The summed E-state index contributed by atoms with van der Waals surface area (Å²) in [4.78, 5) is 20.2. The van der Waals surface area contributed by atoms with Crippen LogP contribution in [0.2, 0.25) is 0 Å². The molecule has 5 aromatic rings. The van der Waals surface area contributed by atoms with Crippen molar-refractivity contribution in [3.63, 3.8) is 0 Å². The zero-order chi connectivity index (χ0) is 20.1. The van der Waals surface area contributed by atoms with Crippen molar-refractivity contribution in [3.05, 3.63) is 107 Å². The topological polar surface area (TPSA) is 36.1 Å². The molecule has 1 aliphatic heterocycles. The molecule has 2 aromatic heterocycles. The molecule has 1 atom stereocenters. The van der Waals surface area contributed by atoms with Crippen LogP contribution < -0.4 is 0 Å². The number of aromatic amines is 1. The molecular formula is C26H20N2OS. The second-order valence-electron chi connectivity index (χ2n) is 7.77. The van der Waals surface area contributed by atoms with Crippen LogP contribution in [0.1, 0.15) is 32.5 Å². The molecule has 1 aliphatic rings. The number of hydrogen-bond acceptors (Lipinski definition) is 2. The zero-order valence-corrected chi connectivity index (χ0v) is 17.2. The minimum atomic E-state index is -0.111. The highest BCUT2D eigenvalue weighted by Gasteiger charge is 2.35. The van der Waals surface area contributed by atoms with Gasteiger partial charge in [-0.1, -0.05) is 66.7 Å². The monoisotopic (exact) mass is 408 g/mol. The summed E-state index contributed by atoms with van der Waals surface area (Å²) in [5.74, 6) is 0.106. The van der Waals surface area contributed by atoms with Gasteiger partial charge in [-0.05, 0) is 41.1 Å². The predicted molar refractivity (Wildman–Crippen MR) is 123 cm³/mol. The van der Waals surface area contributed by atoms with Crippen LogP contribution in [-0.4, -0.2) is 22.3 Å². The van der Waals surface area contributed by atoms with Crippen LogP contribution in [-0.2, 0) is 6.42 Å². The number of para-hydroxylation sites is 1. The standard InChI is InChI=1S/C26H20N2OS/c29-26(23-16-18-10-4-7-13-22(18)30-23)28-15-14-20-19-11-5-6-12-21(19)27-24(20)25(28)17-8-2-1-3-9-17/h1-13,16,25,27H,14-15H2. The molecule has 0 saturated heterocycles. The number of H-pyrrole nitrogens is 1. The van der Waals surface area contributed by atoms with E-state index in [1.54, 1.807) is 11.3 Å². The molecule has 0 radical (unpaired) electrons. The van der Waals surface area contributed by atoms with Crippen molar-refractivity contribution in [2.45, 2.75) is 12.5 Å². The van der Waals surface area contributed by atoms with E-state index in [0.29, 0.717) is 6.54 Å². The van der Waals surface area contributed by atoms with Crippen LogP contribution in [0, 0.1) is 0 Å². The maximum Gasteiger partial charge on any atom is 0.264 e. The van der Waals surface area contributed by atoms with Gasteiger partial charge in [-0.3, -0.25) is 4.79 Å². The van der Waals surface area contributed by atoms with Gasteiger partial charge in [0.2, 0.25) is 0 Å². The fourth-order valence-corrected chi connectivity index (χ4v) is 5.69. The molecule has 3 heterocycles. The number of rotatable bonds is 2. The van der Waals surface area contributed by atoms with Gasteiger partial charge in [0.25, 0.3) is 5.91 Å². The summed E-state index contributed by atoms with van der Waals surface area (Å²) in [7, 11) is 0. The van der Waals surface area contributed by atoms with Crippen LogP contribution in [0.25, 0.3) is 21.0 Å². The Morgan fingerprint density at radius 2 is 1.70 bits per heavy atom. The molecule has 0 spiro atoms. The van der Waals surface area contributed by atoms with Crippen molar-refractivity contribution in [1.29, 1.82) is 0 Å². The first-order chi connectivity index (χ1) is 14.8. The van der Waals surface area contributed by atoms with Gasteiger partial charge in [0, 0.05) is 27.8 Å². The second-order valence-corrected chi connectivity index (χ2v) is 8.86. The smallest absolute Gasteiger partial charge is 0.264 e. The van der Waals surface area contributed by atoms with Crippen molar-refractivity contribution in [2.24, 2.45) is 0 Å². The third-order valence-corrected chi connectivity index (χ3v) is 7.15. The number of hydrogen-bond donors (Lipinski definition) is 1. The van der Waals surface area contributed by atoms with Gasteiger partial charge in [-0.25, -0.2) is 0 Å². The Morgan fingerprint density at radius 1 is 0.933 bits per heavy atom. The summed E-state index contributed by atoms with van der Waals surface area (Å²) < 4.78 is 1.15. The van der Waals surface area contributed by atoms with E-state index in [2.05, 4.69) is 53.5 Å². The number of amides is 1. The molecule has 0 saturated carbocycles. The fraction of sp³-hybridized carbons (Fsp3) is 0.115. The summed E-state index contributed by atoms with van der Waals surface area (Å²) in [6.45, 7) is 0.710. The Labute approximate surface area is 178 Å². The van der Waals surface area contributed by atoms with E-state index >= 15 is 0 Å². The lowest BCUT2D eigenvalue weighted by atomic mass is 9.92. The summed E-state index contributed by atoms with van der Waals surface area (Å²) in [6.07, 6.45) is 0.860. The summed E-state index contributed by atoms with van der Waals surface area (Å²) >= 11 is 1.58.